The number of nitriles is 1. The van der Waals surface area contributed by atoms with Gasteiger partial charge in [-0.05, 0) is 31.2 Å². The van der Waals surface area contributed by atoms with Crippen LogP contribution in [0.1, 0.15) is 35.3 Å². The highest BCUT2D eigenvalue weighted by atomic mass is 32.2. The molecule has 2 N–H and O–H groups in total. The number of amides is 3. The van der Waals surface area contributed by atoms with Gasteiger partial charge < -0.3 is 10.6 Å². The molecule has 1 aliphatic heterocycles. The van der Waals surface area contributed by atoms with Crippen molar-refractivity contribution in [3.63, 3.8) is 0 Å². The molecule has 2 heterocycles. The predicted octanol–water partition coefficient (Wildman–Crippen LogP) is 1.57. The maximum absolute atomic E-state index is 12.1. The van der Waals surface area contributed by atoms with Gasteiger partial charge in [0.2, 0.25) is 11.8 Å². The van der Waals surface area contributed by atoms with E-state index < -0.39 is 11.8 Å². The van der Waals surface area contributed by atoms with Crippen molar-refractivity contribution in [2.45, 2.75) is 32.1 Å². The molecule has 0 saturated carbocycles. The number of aryl methyl sites for hydroxylation is 1. The van der Waals surface area contributed by atoms with Crippen molar-refractivity contribution in [3.8, 4) is 6.07 Å². The lowest BCUT2D eigenvalue weighted by atomic mass is 9.96. The van der Waals surface area contributed by atoms with Crippen LogP contribution in [0.15, 0.2) is 4.99 Å². The summed E-state index contributed by atoms with van der Waals surface area (Å²) in [5.74, 6) is -1.24. The van der Waals surface area contributed by atoms with Crippen molar-refractivity contribution in [1.29, 1.82) is 5.26 Å². The Bertz CT molecular complexity index is 791. The lowest BCUT2D eigenvalue weighted by Gasteiger charge is -2.11. The Morgan fingerprint density at radius 2 is 2.17 bits per heavy atom. The molecule has 2 aliphatic rings. The summed E-state index contributed by atoms with van der Waals surface area (Å²) in [6.45, 7) is 0. The highest BCUT2D eigenvalue weighted by Gasteiger charge is 2.23. The third kappa shape index (κ3) is 3.66. The van der Waals surface area contributed by atoms with Gasteiger partial charge >= 0.3 is 0 Å². The van der Waals surface area contributed by atoms with Crippen LogP contribution in [0.3, 0.4) is 0 Å². The molecular formula is C15H14N4O3S2. The van der Waals surface area contributed by atoms with Crippen LogP contribution in [0.5, 0.6) is 0 Å². The Kier molecular flexibility index (Phi) is 4.97. The van der Waals surface area contributed by atoms with Crippen molar-refractivity contribution < 1.29 is 14.4 Å². The van der Waals surface area contributed by atoms with E-state index in [1.807, 2.05) is 0 Å². The first kappa shape index (κ1) is 16.7. The summed E-state index contributed by atoms with van der Waals surface area (Å²) in [7, 11) is 0. The molecule has 0 saturated heterocycles. The van der Waals surface area contributed by atoms with E-state index in [9.17, 15) is 19.6 Å². The zero-order chi connectivity index (χ0) is 17.1. The summed E-state index contributed by atoms with van der Waals surface area (Å²) in [6, 6.07) is 2.19. The Hall–Kier alpha value is -2.18. The molecule has 0 unspecified atom stereocenters. The van der Waals surface area contributed by atoms with E-state index in [1.54, 1.807) is 0 Å². The smallest absolute Gasteiger partial charge is 0.257 e. The number of hydrogen-bond donors (Lipinski definition) is 2. The van der Waals surface area contributed by atoms with Crippen LogP contribution in [-0.4, -0.2) is 28.6 Å². The molecule has 0 atom stereocenters. The lowest BCUT2D eigenvalue weighted by Crippen LogP contribution is -2.35. The molecule has 1 aromatic heterocycles. The molecule has 3 amide bonds. The molecule has 24 heavy (non-hydrogen) atoms. The molecule has 1 aromatic rings. The maximum atomic E-state index is 12.1. The lowest BCUT2D eigenvalue weighted by molar-refractivity contribution is -0.127. The van der Waals surface area contributed by atoms with Crippen LogP contribution in [0.25, 0.3) is 0 Å². The van der Waals surface area contributed by atoms with Crippen LogP contribution in [0.2, 0.25) is 0 Å². The number of anilines is 1. The van der Waals surface area contributed by atoms with Gasteiger partial charge in [0.05, 0.1) is 11.3 Å². The van der Waals surface area contributed by atoms with Crippen molar-refractivity contribution >= 4 is 51.0 Å². The average Bonchev–Trinajstić information content (AvgIpc) is 2.89. The number of carbonyl (C=O) groups excluding carboxylic acids is 3. The normalized spacial score (nSPS) is 16.7. The molecule has 0 radical (unpaired) electrons. The van der Waals surface area contributed by atoms with Crippen molar-refractivity contribution in [3.05, 3.63) is 16.0 Å². The van der Waals surface area contributed by atoms with E-state index in [4.69, 9.17) is 0 Å². The second-order valence-electron chi connectivity index (χ2n) is 5.40. The minimum Gasteiger partial charge on any atom is -0.316 e. The zero-order valence-electron chi connectivity index (χ0n) is 12.7. The van der Waals surface area contributed by atoms with Gasteiger partial charge in [-0.15, -0.1) is 11.3 Å². The number of rotatable bonds is 3. The number of thiophene rings is 1. The summed E-state index contributed by atoms with van der Waals surface area (Å²) in [6.07, 6.45) is 3.74. The molecule has 0 spiro atoms. The van der Waals surface area contributed by atoms with Crippen molar-refractivity contribution in [2.24, 2.45) is 4.99 Å². The highest BCUT2D eigenvalue weighted by Crippen LogP contribution is 2.37. The standard InChI is InChI=1S/C15H14N4O3S2/c16-6-9-8-3-1-2-4-10(8)24-14(9)17-13(22)7-23-15-18-11(20)5-12(21)19-15/h1-5,7H2,(H,17,22)(H,18,19,20,21). The Labute approximate surface area is 146 Å². The monoisotopic (exact) mass is 362 g/mol. The number of fused-ring (bicyclic) bond motifs is 1. The first-order valence-electron chi connectivity index (χ1n) is 7.45. The van der Waals surface area contributed by atoms with E-state index in [0.29, 0.717) is 10.6 Å². The third-order valence-corrected chi connectivity index (χ3v) is 5.74. The van der Waals surface area contributed by atoms with E-state index in [1.165, 1.54) is 16.2 Å². The van der Waals surface area contributed by atoms with Crippen LogP contribution in [-0.2, 0) is 27.2 Å². The minimum atomic E-state index is -0.514. The van der Waals surface area contributed by atoms with Gasteiger partial charge in [-0.2, -0.15) is 10.3 Å². The van der Waals surface area contributed by atoms with Gasteiger partial charge in [-0.3, -0.25) is 14.4 Å². The average molecular weight is 362 g/mol. The van der Waals surface area contributed by atoms with Gasteiger partial charge in [-0.1, -0.05) is 11.8 Å². The van der Waals surface area contributed by atoms with Gasteiger partial charge in [-0.25, -0.2) is 0 Å². The van der Waals surface area contributed by atoms with E-state index in [2.05, 4.69) is 21.7 Å². The third-order valence-electron chi connectivity index (χ3n) is 3.66. The summed E-state index contributed by atoms with van der Waals surface area (Å²) >= 11 is 2.45. The first-order valence-corrected chi connectivity index (χ1v) is 9.25. The topological polar surface area (TPSA) is 111 Å². The van der Waals surface area contributed by atoms with Crippen LogP contribution in [0.4, 0.5) is 5.00 Å². The van der Waals surface area contributed by atoms with Crippen molar-refractivity contribution in [1.82, 2.24) is 5.32 Å². The highest BCUT2D eigenvalue weighted by molar-refractivity contribution is 8.14. The van der Waals surface area contributed by atoms with E-state index in [-0.39, 0.29) is 23.2 Å². The minimum absolute atomic E-state index is 0.000170. The maximum Gasteiger partial charge on any atom is 0.257 e. The number of nitrogens with one attached hydrogen (secondary N) is 2. The number of hydrogen-bond acceptors (Lipinski definition) is 6. The molecule has 9 heteroatoms. The molecular weight excluding hydrogens is 348 g/mol. The summed E-state index contributed by atoms with van der Waals surface area (Å²) in [4.78, 5) is 39.4. The molecule has 1 aliphatic carbocycles. The summed E-state index contributed by atoms with van der Waals surface area (Å²) in [5.41, 5.74) is 1.62. The van der Waals surface area contributed by atoms with Gasteiger partial charge in [0.25, 0.3) is 5.91 Å². The molecule has 124 valence electrons. The van der Waals surface area contributed by atoms with Crippen molar-refractivity contribution in [2.75, 3.05) is 11.1 Å². The number of amidine groups is 1. The largest absolute Gasteiger partial charge is 0.316 e. The fraction of sp³-hybridized carbons (Fsp3) is 0.400. The van der Waals surface area contributed by atoms with Crippen LogP contribution in [0, 0.1) is 11.3 Å². The van der Waals surface area contributed by atoms with Gasteiger partial charge in [0, 0.05) is 4.88 Å². The molecule has 3 rings (SSSR count). The quantitative estimate of drug-likeness (QED) is 0.793. The van der Waals surface area contributed by atoms with E-state index >= 15 is 0 Å². The van der Waals surface area contributed by atoms with Crippen LogP contribution < -0.4 is 10.6 Å². The van der Waals surface area contributed by atoms with Gasteiger partial charge in [0.1, 0.15) is 17.5 Å². The van der Waals surface area contributed by atoms with Gasteiger partial charge in [0.15, 0.2) is 5.17 Å². The zero-order valence-corrected chi connectivity index (χ0v) is 14.3. The fourth-order valence-electron chi connectivity index (χ4n) is 2.62. The first-order chi connectivity index (χ1) is 11.6. The SMILES string of the molecule is N#Cc1c(NC(=O)CSC2=NC(=O)CC(=O)N2)sc2c1CCCC2. The predicted molar refractivity (Wildman–Crippen MR) is 92.0 cm³/mol. The Morgan fingerprint density at radius 3 is 2.92 bits per heavy atom. The second-order valence-corrected chi connectivity index (χ2v) is 7.47. The van der Waals surface area contributed by atoms with E-state index in [0.717, 1.165) is 43.0 Å². The van der Waals surface area contributed by atoms with Crippen LogP contribution >= 0.6 is 23.1 Å². The number of nitrogens with zero attached hydrogens (tertiary/aromatic N) is 2. The molecule has 0 fully saturated rings. The summed E-state index contributed by atoms with van der Waals surface area (Å²) in [5, 5.41) is 15.3. The Balaban J connectivity index is 1.63. The molecule has 0 bridgehead atoms. The number of thioether (sulfide) groups is 1. The molecule has 0 aromatic carbocycles. The molecule has 7 nitrogen and oxygen atoms in total. The Morgan fingerprint density at radius 1 is 1.38 bits per heavy atom. The number of carbonyl (C=O) groups is 3. The summed E-state index contributed by atoms with van der Waals surface area (Å²) < 4.78 is 0. The fourth-order valence-corrected chi connectivity index (χ4v) is 4.57. The number of aliphatic imine (C=N–C) groups is 1. The second kappa shape index (κ2) is 7.15.